The lowest BCUT2D eigenvalue weighted by Gasteiger charge is -2.29. The summed E-state index contributed by atoms with van der Waals surface area (Å²) >= 11 is 0. The summed E-state index contributed by atoms with van der Waals surface area (Å²) in [5.41, 5.74) is 8.93. The summed E-state index contributed by atoms with van der Waals surface area (Å²) in [6, 6.07) is 43.6. The molecular formula is C50H44N4O. The molecule has 5 aromatic carbocycles. The maximum atomic E-state index is 6.77. The quantitative estimate of drug-likeness (QED) is 0.161. The van der Waals surface area contributed by atoms with Crippen molar-refractivity contribution >= 4 is 49.0 Å². The third-order valence-corrected chi connectivity index (χ3v) is 12.7. The van der Waals surface area contributed by atoms with Crippen molar-refractivity contribution in [3.63, 3.8) is 0 Å². The Morgan fingerprint density at radius 3 is 1.80 bits per heavy atom. The lowest BCUT2D eigenvalue weighted by atomic mass is 9.76. The Morgan fingerprint density at radius 1 is 0.473 bits per heavy atom. The number of hydrogen-bond acceptors (Lipinski definition) is 3. The highest BCUT2D eigenvalue weighted by atomic mass is 16.5. The summed E-state index contributed by atoms with van der Waals surface area (Å²) in [7, 11) is 0. The Bertz CT molecular complexity index is 2840. The van der Waals surface area contributed by atoms with Crippen LogP contribution in [-0.2, 0) is 0 Å². The molecule has 2 aliphatic rings. The monoisotopic (exact) mass is 716 g/mol. The molecule has 0 atom stereocenters. The highest BCUT2D eigenvalue weighted by Gasteiger charge is 2.28. The molecule has 0 spiro atoms. The molecule has 4 aromatic heterocycles. The number of rotatable bonds is 6. The summed E-state index contributed by atoms with van der Waals surface area (Å²) in [4.78, 5) is 10.1. The lowest BCUT2D eigenvalue weighted by Crippen LogP contribution is -2.12. The summed E-state index contributed by atoms with van der Waals surface area (Å²) < 4.78 is 11.5. The van der Waals surface area contributed by atoms with E-state index in [2.05, 4.69) is 124 Å². The molecule has 0 amide bonds. The maximum Gasteiger partial charge on any atom is 0.145 e. The van der Waals surface area contributed by atoms with Crippen LogP contribution in [0.3, 0.4) is 0 Å². The van der Waals surface area contributed by atoms with Crippen LogP contribution in [0, 0.1) is 0 Å². The molecule has 270 valence electrons. The van der Waals surface area contributed by atoms with Gasteiger partial charge < -0.3 is 4.74 Å². The van der Waals surface area contributed by atoms with Crippen LogP contribution < -0.4 is 4.74 Å². The lowest BCUT2D eigenvalue weighted by molar-refractivity contribution is 0.436. The predicted molar refractivity (Wildman–Crippen MR) is 226 cm³/mol. The summed E-state index contributed by atoms with van der Waals surface area (Å²) in [6.45, 7) is 0. The summed E-state index contributed by atoms with van der Waals surface area (Å²) in [5.74, 6) is 4.74. The van der Waals surface area contributed by atoms with Gasteiger partial charge in [-0.2, -0.15) is 0 Å². The molecule has 5 nitrogen and oxygen atoms in total. The standard InChI is InChI=1S/C50H44N4O/c1-3-14-33(15-4-1)37-20-13-21-38(34-16-5-2-6-17-34)49(37)50-52-32-47-43-30-35(25-27-39(43)40-18-7-10-23-45(40)54(47)50)55-36-26-28-42-41-19-8-9-22-44(41)53(46(42)31-36)48-24-11-12-29-51-48/h7-13,18-34H,1-6,14-17H2. The van der Waals surface area contributed by atoms with Crippen LogP contribution in [0.15, 0.2) is 134 Å². The summed E-state index contributed by atoms with van der Waals surface area (Å²) in [5, 5.41) is 5.95. The zero-order valence-electron chi connectivity index (χ0n) is 31.1. The Labute approximate surface area is 321 Å². The predicted octanol–water partition coefficient (Wildman–Crippen LogP) is 13.7. The first-order valence-corrected chi connectivity index (χ1v) is 20.4. The van der Waals surface area contributed by atoms with Gasteiger partial charge in [-0.15, -0.1) is 0 Å². The number of benzene rings is 5. The van der Waals surface area contributed by atoms with E-state index in [9.17, 15) is 0 Å². The Kier molecular flexibility index (Phi) is 7.93. The first kappa shape index (κ1) is 32.5. The van der Waals surface area contributed by atoms with E-state index in [-0.39, 0.29) is 0 Å². The normalized spacial score (nSPS) is 15.9. The van der Waals surface area contributed by atoms with Gasteiger partial charge in [-0.3, -0.25) is 8.97 Å². The van der Waals surface area contributed by atoms with Gasteiger partial charge in [-0.1, -0.05) is 99.2 Å². The molecule has 0 saturated heterocycles. The first-order chi connectivity index (χ1) is 27.3. The van der Waals surface area contributed by atoms with Crippen molar-refractivity contribution < 1.29 is 4.74 Å². The molecule has 55 heavy (non-hydrogen) atoms. The van der Waals surface area contributed by atoms with E-state index >= 15 is 0 Å². The van der Waals surface area contributed by atoms with E-state index in [0.29, 0.717) is 11.8 Å². The van der Waals surface area contributed by atoms with Gasteiger partial charge >= 0.3 is 0 Å². The second-order valence-electron chi connectivity index (χ2n) is 15.8. The van der Waals surface area contributed by atoms with Crippen LogP contribution in [0.1, 0.15) is 87.2 Å². The minimum Gasteiger partial charge on any atom is -0.457 e. The van der Waals surface area contributed by atoms with Gasteiger partial charge in [-0.25, -0.2) is 9.97 Å². The highest BCUT2D eigenvalue weighted by molar-refractivity contribution is 6.13. The summed E-state index contributed by atoms with van der Waals surface area (Å²) in [6.07, 6.45) is 17.0. The first-order valence-electron chi connectivity index (χ1n) is 20.4. The van der Waals surface area contributed by atoms with Crippen LogP contribution in [0.25, 0.3) is 66.2 Å². The highest BCUT2D eigenvalue weighted by Crippen LogP contribution is 2.46. The van der Waals surface area contributed by atoms with Crippen molar-refractivity contribution in [1.82, 2.24) is 18.9 Å². The molecule has 0 radical (unpaired) electrons. The minimum atomic E-state index is 0.583. The molecule has 0 aliphatic heterocycles. The van der Waals surface area contributed by atoms with E-state index in [0.717, 1.165) is 45.1 Å². The molecule has 2 fully saturated rings. The molecule has 2 saturated carbocycles. The van der Waals surface area contributed by atoms with Crippen LogP contribution in [0.5, 0.6) is 11.5 Å². The Balaban J connectivity index is 1.08. The number of pyridine rings is 2. The molecule has 2 aliphatic carbocycles. The molecular weight excluding hydrogens is 673 g/mol. The number of fused-ring (bicyclic) bond motifs is 9. The van der Waals surface area contributed by atoms with Crippen molar-refractivity contribution in [2.24, 2.45) is 0 Å². The molecule has 0 unspecified atom stereocenters. The number of imidazole rings is 1. The molecule has 9 aromatic rings. The molecule has 0 N–H and O–H groups in total. The fraction of sp³-hybridized carbons (Fsp3) is 0.240. The number of aromatic nitrogens is 4. The van der Waals surface area contributed by atoms with Crippen molar-refractivity contribution in [2.45, 2.75) is 76.0 Å². The number of hydrogen-bond donors (Lipinski definition) is 0. The van der Waals surface area contributed by atoms with Gasteiger partial charge in [0.2, 0.25) is 0 Å². The topological polar surface area (TPSA) is 44.4 Å². The number of para-hydroxylation sites is 2. The van der Waals surface area contributed by atoms with E-state index in [1.54, 1.807) is 0 Å². The zero-order chi connectivity index (χ0) is 36.3. The number of nitrogens with zero attached hydrogens (tertiary/aromatic N) is 4. The fourth-order valence-corrected chi connectivity index (χ4v) is 10.1. The van der Waals surface area contributed by atoms with Gasteiger partial charge in [0.1, 0.15) is 23.1 Å². The van der Waals surface area contributed by atoms with Crippen LogP contribution in [-0.4, -0.2) is 18.9 Å². The number of ether oxygens (including phenoxy) is 1. The minimum absolute atomic E-state index is 0.583. The largest absolute Gasteiger partial charge is 0.457 e. The molecule has 4 heterocycles. The van der Waals surface area contributed by atoms with E-state index in [1.165, 1.54) is 108 Å². The fourth-order valence-electron chi connectivity index (χ4n) is 10.1. The second kappa shape index (κ2) is 13.4. The van der Waals surface area contributed by atoms with Gasteiger partial charge in [0.05, 0.1) is 28.3 Å². The Hall–Kier alpha value is -5.94. The van der Waals surface area contributed by atoms with Crippen LogP contribution in [0.2, 0.25) is 0 Å². The SMILES string of the molecule is c1ccc(-n2c3ccccc3c3ccc(Oc4ccc5c6ccccc6n6c(-c7c(C8CCCCC8)cccc7C7CCCCC7)ncc6c5c4)cc32)nc1. The third-order valence-electron chi connectivity index (χ3n) is 12.7. The van der Waals surface area contributed by atoms with Gasteiger partial charge in [0.15, 0.2) is 0 Å². The van der Waals surface area contributed by atoms with Crippen molar-refractivity contribution in [3.05, 3.63) is 145 Å². The second-order valence-corrected chi connectivity index (χ2v) is 15.8. The average Bonchev–Trinajstić information content (AvgIpc) is 3.84. The van der Waals surface area contributed by atoms with Crippen molar-refractivity contribution in [1.29, 1.82) is 0 Å². The van der Waals surface area contributed by atoms with Gasteiger partial charge in [-0.05, 0) is 109 Å². The average molecular weight is 717 g/mol. The van der Waals surface area contributed by atoms with Crippen LogP contribution in [0.4, 0.5) is 0 Å². The van der Waals surface area contributed by atoms with Crippen molar-refractivity contribution in [2.75, 3.05) is 0 Å². The van der Waals surface area contributed by atoms with E-state index in [1.807, 2.05) is 18.3 Å². The van der Waals surface area contributed by atoms with Gasteiger partial charge in [0.25, 0.3) is 0 Å². The molecule has 0 bridgehead atoms. The zero-order valence-corrected chi connectivity index (χ0v) is 31.1. The Morgan fingerprint density at radius 2 is 1.09 bits per heavy atom. The smallest absolute Gasteiger partial charge is 0.145 e. The molecule has 11 rings (SSSR count). The van der Waals surface area contributed by atoms with Crippen LogP contribution >= 0.6 is 0 Å². The van der Waals surface area contributed by atoms with E-state index in [4.69, 9.17) is 14.7 Å². The molecule has 5 heteroatoms. The third kappa shape index (κ3) is 5.43. The van der Waals surface area contributed by atoms with E-state index < -0.39 is 0 Å². The van der Waals surface area contributed by atoms with Gasteiger partial charge in [0, 0.05) is 39.4 Å². The maximum absolute atomic E-state index is 6.77. The van der Waals surface area contributed by atoms with Crippen molar-refractivity contribution in [3.8, 4) is 28.7 Å².